The molecule has 124 valence electrons. The Labute approximate surface area is 136 Å². The molecule has 0 unspecified atom stereocenters. The molecular formula is C14H20N6O2S. The molecule has 23 heavy (non-hydrogen) atoms. The Kier molecular flexibility index (Phi) is 4.17. The third-order valence-corrected chi connectivity index (χ3v) is 5.99. The van der Waals surface area contributed by atoms with E-state index in [1.165, 1.54) is 8.61 Å². The van der Waals surface area contributed by atoms with Gasteiger partial charge in [-0.25, -0.2) is 9.97 Å². The Hall–Kier alpha value is -1.84. The third-order valence-electron chi connectivity index (χ3n) is 4.04. The Morgan fingerprint density at radius 1 is 1.17 bits per heavy atom. The van der Waals surface area contributed by atoms with E-state index in [2.05, 4.69) is 15.0 Å². The fourth-order valence-electron chi connectivity index (χ4n) is 2.86. The summed E-state index contributed by atoms with van der Waals surface area (Å²) in [5, 5.41) is 0. The second kappa shape index (κ2) is 5.99. The molecule has 3 heterocycles. The fourth-order valence-corrected chi connectivity index (χ4v) is 4.16. The van der Waals surface area contributed by atoms with Crippen LogP contribution >= 0.6 is 0 Å². The molecule has 2 aromatic rings. The van der Waals surface area contributed by atoms with E-state index in [0.717, 1.165) is 12.8 Å². The second-order valence-electron chi connectivity index (χ2n) is 5.71. The van der Waals surface area contributed by atoms with E-state index in [4.69, 9.17) is 0 Å². The molecule has 1 saturated heterocycles. The summed E-state index contributed by atoms with van der Waals surface area (Å²) in [6.07, 6.45) is 8.25. The summed E-state index contributed by atoms with van der Waals surface area (Å²) in [6, 6.07) is -0.317. The average molecular weight is 336 g/mol. The summed E-state index contributed by atoms with van der Waals surface area (Å²) >= 11 is 0. The van der Waals surface area contributed by atoms with Crippen LogP contribution in [0.1, 0.15) is 24.6 Å². The number of imidazole rings is 1. The summed E-state index contributed by atoms with van der Waals surface area (Å²) in [4.78, 5) is 13.2. The number of nitrogens with zero attached hydrogens (tertiary/aromatic N) is 6. The van der Waals surface area contributed by atoms with E-state index in [0.29, 0.717) is 23.8 Å². The Bertz CT molecular complexity index is 801. The second-order valence-corrected chi connectivity index (χ2v) is 7.81. The quantitative estimate of drug-likeness (QED) is 0.825. The lowest BCUT2D eigenvalue weighted by molar-refractivity contribution is 0.358. The highest BCUT2D eigenvalue weighted by molar-refractivity contribution is 7.86. The molecule has 0 saturated carbocycles. The van der Waals surface area contributed by atoms with Crippen molar-refractivity contribution in [2.75, 3.05) is 20.6 Å². The Balaban J connectivity index is 2.07. The zero-order valence-electron chi connectivity index (χ0n) is 13.4. The van der Waals surface area contributed by atoms with Crippen molar-refractivity contribution in [2.45, 2.75) is 18.9 Å². The van der Waals surface area contributed by atoms with E-state index in [1.54, 1.807) is 32.7 Å². The van der Waals surface area contributed by atoms with Crippen molar-refractivity contribution in [3.8, 4) is 11.5 Å². The number of aromatic nitrogens is 4. The van der Waals surface area contributed by atoms with Crippen molar-refractivity contribution in [1.82, 2.24) is 28.1 Å². The molecule has 1 aliphatic rings. The van der Waals surface area contributed by atoms with Crippen LogP contribution in [0.25, 0.3) is 11.5 Å². The predicted molar refractivity (Wildman–Crippen MR) is 85.5 cm³/mol. The highest BCUT2D eigenvalue weighted by atomic mass is 32.2. The van der Waals surface area contributed by atoms with Gasteiger partial charge in [0.15, 0.2) is 5.82 Å². The van der Waals surface area contributed by atoms with Gasteiger partial charge in [-0.3, -0.25) is 4.98 Å². The van der Waals surface area contributed by atoms with Crippen LogP contribution in [0.4, 0.5) is 0 Å². The maximum atomic E-state index is 12.6. The molecule has 0 amide bonds. The first-order valence-corrected chi connectivity index (χ1v) is 8.80. The minimum Gasteiger partial charge on any atom is -0.333 e. The van der Waals surface area contributed by atoms with Crippen LogP contribution in [0.5, 0.6) is 0 Å². The summed E-state index contributed by atoms with van der Waals surface area (Å²) in [5.74, 6) is 0.683. The topological polar surface area (TPSA) is 84.2 Å². The molecule has 0 N–H and O–H groups in total. The van der Waals surface area contributed by atoms with Crippen molar-refractivity contribution >= 4 is 10.2 Å². The maximum Gasteiger partial charge on any atom is 0.282 e. The standard InChI is InChI=1S/C14H20N6O2S/c1-18(2)23(21,22)20-9-4-5-11(20)12-13(16-7-6-15-12)14-17-8-10-19(14)3/h6-8,10-11H,4-5,9H2,1-3H3/t11-/m1/s1. The smallest absolute Gasteiger partial charge is 0.282 e. The molecule has 3 rings (SSSR count). The van der Waals surface area contributed by atoms with Gasteiger partial charge in [0.05, 0.1) is 11.7 Å². The van der Waals surface area contributed by atoms with Gasteiger partial charge in [-0.1, -0.05) is 0 Å². The third kappa shape index (κ3) is 2.75. The maximum absolute atomic E-state index is 12.6. The van der Waals surface area contributed by atoms with Crippen LogP contribution in [-0.2, 0) is 17.3 Å². The van der Waals surface area contributed by atoms with Crippen molar-refractivity contribution in [2.24, 2.45) is 7.05 Å². The molecular weight excluding hydrogens is 316 g/mol. The molecule has 9 heteroatoms. The first kappa shape index (κ1) is 16.0. The van der Waals surface area contributed by atoms with Crippen LogP contribution in [-0.4, -0.2) is 57.2 Å². The fraction of sp³-hybridized carbons (Fsp3) is 0.500. The summed E-state index contributed by atoms with van der Waals surface area (Å²) < 4.78 is 29.7. The van der Waals surface area contributed by atoms with Crippen molar-refractivity contribution in [3.05, 3.63) is 30.5 Å². The highest BCUT2D eigenvalue weighted by Gasteiger charge is 2.39. The monoisotopic (exact) mass is 336 g/mol. The lowest BCUT2D eigenvalue weighted by Crippen LogP contribution is -2.39. The van der Waals surface area contributed by atoms with Crippen molar-refractivity contribution in [1.29, 1.82) is 0 Å². The normalized spacial score (nSPS) is 19.6. The molecule has 0 radical (unpaired) electrons. The van der Waals surface area contributed by atoms with Gasteiger partial charge in [0.1, 0.15) is 5.69 Å². The largest absolute Gasteiger partial charge is 0.333 e. The van der Waals surface area contributed by atoms with E-state index < -0.39 is 10.2 Å². The minimum absolute atomic E-state index is 0.317. The molecule has 0 aliphatic carbocycles. The molecule has 0 aromatic carbocycles. The molecule has 2 aromatic heterocycles. The number of hydrogen-bond donors (Lipinski definition) is 0. The molecule has 8 nitrogen and oxygen atoms in total. The van der Waals surface area contributed by atoms with E-state index in [1.807, 2.05) is 17.8 Å². The predicted octanol–water partition coefficient (Wildman–Crippen LogP) is 0.820. The average Bonchev–Trinajstić information content (AvgIpc) is 3.16. The number of rotatable bonds is 4. The van der Waals surface area contributed by atoms with Crippen LogP contribution in [0, 0.1) is 0 Å². The van der Waals surface area contributed by atoms with E-state index in [9.17, 15) is 8.42 Å². The number of hydrogen-bond acceptors (Lipinski definition) is 5. The molecule has 1 atom stereocenters. The van der Waals surface area contributed by atoms with Crippen molar-refractivity contribution < 1.29 is 8.42 Å². The Morgan fingerprint density at radius 3 is 2.57 bits per heavy atom. The van der Waals surface area contributed by atoms with Crippen LogP contribution < -0.4 is 0 Å². The van der Waals surface area contributed by atoms with Gasteiger partial charge in [0.2, 0.25) is 0 Å². The zero-order valence-corrected chi connectivity index (χ0v) is 14.2. The van der Waals surface area contributed by atoms with E-state index in [-0.39, 0.29) is 6.04 Å². The highest BCUT2D eigenvalue weighted by Crippen LogP contribution is 2.37. The molecule has 0 bridgehead atoms. The van der Waals surface area contributed by atoms with Gasteiger partial charge >= 0.3 is 0 Å². The van der Waals surface area contributed by atoms with Gasteiger partial charge < -0.3 is 4.57 Å². The van der Waals surface area contributed by atoms with Gasteiger partial charge in [-0.2, -0.15) is 17.0 Å². The van der Waals surface area contributed by atoms with E-state index >= 15 is 0 Å². The summed E-state index contributed by atoms with van der Waals surface area (Å²) in [6.45, 7) is 0.488. The van der Waals surface area contributed by atoms with Crippen LogP contribution in [0.2, 0.25) is 0 Å². The van der Waals surface area contributed by atoms with Gasteiger partial charge in [-0.05, 0) is 12.8 Å². The van der Waals surface area contributed by atoms with Crippen molar-refractivity contribution in [3.63, 3.8) is 0 Å². The lowest BCUT2D eigenvalue weighted by atomic mass is 10.1. The zero-order chi connectivity index (χ0) is 16.6. The minimum atomic E-state index is -3.50. The van der Waals surface area contributed by atoms with Gasteiger partial charge in [-0.15, -0.1) is 0 Å². The first-order chi connectivity index (χ1) is 10.9. The molecule has 1 aliphatic heterocycles. The lowest BCUT2D eigenvalue weighted by Gasteiger charge is -2.27. The van der Waals surface area contributed by atoms with Crippen LogP contribution in [0.3, 0.4) is 0 Å². The molecule has 0 spiro atoms. The summed E-state index contributed by atoms with van der Waals surface area (Å²) in [5.41, 5.74) is 1.29. The van der Waals surface area contributed by atoms with Crippen LogP contribution in [0.15, 0.2) is 24.8 Å². The summed E-state index contributed by atoms with van der Waals surface area (Å²) in [7, 11) is 1.47. The number of aryl methyl sites for hydroxylation is 1. The van der Waals surface area contributed by atoms with Gasteiger partial charge in [0, 0.05) is 52.5 Å². The van der Waals surface area contributed by atoms with Gasteiger partial charge in [0.25, 0.3) is 10.2 Å². The molecule has 1 fully saturated rings. The Morgan fingerprint density at radius 2 is 1.91 bits per heavy atom. The SMILES string of the molecule is CN(C)S(=O)(=O)N1CCC[C@@H]1c1nccnc1-c1nccn1C. The first-order valence-electron chi connectivity index (χ1n) is 7.41.